The van der Waals surface area contributed by atoms with Gasteiger partial charge in [-0.2, -0.15) is 13.2 Å². The molecule has 1 aromatic carbocycles. The molecule has 1 aromatic heterocycles. The smallest absolute Gasteiger partial charge is 0.321 e. The first kappa shape index (κ1) is 13.4. The normalized spacial score (nSPS) is 16.0. The molecule has 3 rings (SSSR count). The summed E-state index contributed by atoms with van der Waals surface area (Å²) in [5, 5.41) is 2.45. The van der Waals surface area contributed by atoms with E-state index in [2.05, 4.69) is 10.3 Å². The minimum atomic E-state index is -4.43. The summed E-state index contributed by atoms with van der Waals surface area (Å²) in [5.41, 5.74) is 0.869. The molecule has 1 amide bonds. The molecule has 0 bridgehead atoms. The number of fused-ring (bicyclic) bond motifs is 1. The molecule has 21 heavy (non-hydrogen) atoms. The molecule has 1 N–H and O–H groups in total. The van der Waals surface area contributed by atoms with Gasteiger partial charge in [0.25, 0.3) is 5.91 Å². The third kappa shape index (κ3) is 2.52. The molecule has 2 heterocycles. The summed E-state index contributed by atoms with van der Waals surface area (Å²) in [6.07, 6.45) is 0.333. The highest BCUT2D eigenvalue weighted by Crippen LogP contribution is 2.38. The van der Waals surface area contributed by atoms with Crippen LogP contribution in [-0.4, -0.2) is 10.9 Å². The van der Waals surface area contributed by atoms with Crippen LogP contribution in [-0.2, 0) is 11.0 Å². The second-order valence-corrected chi connectivity index (χ2v) is 4.56. The van der Waals surface area contributed by atoms with Crippen molar-refractivity contribution in [2.75, 3.05) is 5.32 Å². The van der Waals surface area contributed by atoms with E-state index in [9.17, 15) is 18.0 Å². The molecule has 6 heteroatoms. The van der Waals surface area contributed by atoms with Gasteiger partial charge in [-0.05, 0) is 29.8 Å². The van der Waals surface area contributed by atoms with Gasteiger partial charge in [-0.1, -0.05) is 12.1 Å². The number of alkyl halides is 3. The molecule has 0 saturated heterocycles. The largest absolute Gasteiger partial charge is 0.416 e. The molecule has 3 nitrogen and oxygen atoms in total. The summed E-state index contributed by atoms with van der Waals surface area (Å²) in [4.78, 5) is 15.8. The molecule has 0 aliphatic carbocycles. The number of nitrogens with one attached hydrogen (secondary N) is 1. The van der Waals surface area contributed by atoms with E-state index >= 15 is 0 Å². The number of carbonyl (C=O) groups is 1. The number of nitrogens with zero attached hydrogens (tertiary/aromatic N) is 1. The number of pyridine rings is 1. The van der Waals surface area contributed by atoms with Crippen LogP contribution in [0.2, 0.25) is 0 Å². The lowest BCUT2D eigenvalue weighted by atomic mass is 10.0. The standard InChI is InChI=1S/C15H9F3N2O/c16-15(17,18)10-3-4-11-12(14(21)20-13(11)7-10)6-9-2-1-5-19-8-9/h1-8H,(H,20,21)/b12-6-. The van der Waals surface area contributed by atoms with Crippen molar-refractivity contribution in [3.8, 4) is 0 Å². The molecule has 2 aromatic rings. The lowest BCUT2D eigenvalue weighted by molar-refractivity contribution is -0.137. The predicted octanol–water partition coefficient (Wildman–Crippen LogP) is 3.59. The van der Waals surface area contributed by atoms with Crippen molar-refractivity contribution in [1.29, 1.82) is 0 Å². The van der Waals surface area contributed by atoms with Gasteiger partial charge in [0.05, 0.1) is 5.56 Å². The van der Waals surface area contributed by atoms with E-state index in [1.165, 1.54) is 6.07 Å². The number of hydrogen-bond acceptors (Lipinski definition) is 2. The van der Waals surface area contributed by atoms with Crippen molar-refractivity contribution in [3.05, 3.63) is 59.4 Å². The Hall–Kier alpha value is -2.63. The third-order valence-corrected chi connectivity index (χ3v) is 3.13. The van der Waals surface area contributed by atoms with Gasteiger partial charge >= 0.3 is 6.18 Å². The molecule has 0 radical (unpaired) electrons. The predicted molar refractivity (Wildman–Crippen MR) is 72.2 cm³/mol. The fraction of sp³-hybridized carbons (Fsp3) is 0.0667. The molecule has 1 aliphatic rings. The zero-order valence-corrected chi connectivity index (χ0v) is 10.6. The van der Waals surface area contributed by atoms with E-state index in [4.69, 9.17) is 0 Å². The second-order valence-electron chi connectivity index (χ2n) is 4.56. The van der Waals surface area contributed by atoms with Crippen molar-refractivity contribution in [2.24, 2.45) is 0 Å². The SMILES string of the molecule is O=C1Nc2cc(C(F)(F)F)ccc2/C1=C/c1cccnc1. The van der Waals surface area contributed by atoms with Crippen molar-refractivity contribution in [2.45, 2.75) is 6.18 Å². The number of anilines is 1. The number of halogens is 3. The second kappa shape index (κ2) is 4.73. The summed E-state index contributed by atoms with van der Waals surface area (Å²) < 4.78 is 38.0. The van der Waals surface area contributed by atoms with E-state index in [1.54, 1.807) is 30.6 Å². The summed E-state index contributed by atoms with van der Waals surface area (Å²) in [6.45, 7) is 0. The van der Waals surface area contributed by atoms with Crippen LogP contribution in [0.4, 0.5) is 18.9 Å². The van der Waals surface area contributed by atoms with Crippen molar-refractivity contribution >= 4 is 23.2 Å². The highest BCUT2D eigenvalue weighted by molar-refractivity contribution is 6.34. The minimum Gasteiger partial charge on any atom is -0.321 e. The molecule has 0 saturated carbocycles. The molecular formula is C15H9F3N2O. The maximum absolute atomic E-state index is 12.7. The first-order valence-electron chi connectivity index (χ1n) is 6.10. The van der Waals surface area contributed by atoms with Crippen LogP contribution in [0.5, 0.6) is 0 Å². The van der Waals surface area contributed by atoms with Crippen LogP contribution in [0.15, 0.2) is 42.7 Å². The summed E-state index contributed by atoms with van der Waals surface area (Å²) in [5.74, 6) is -0.423. The zero-order valence-electron chi connectivity index (χ0n) is 10.6. The van der Waals surface area contributed by atoms with Gasteiger partial charge in [-0.25, -0.2) is 0 Å². The highest BCUT2D eigenvalue weighted by Gasteiger charge is 2.33. The highest BCUT2D eigenvalue weighted by atomic mass is 19.4. The zero-order chi connectivity index (χ0) is 15.0. The Labute approximate surface area is 118 Å². The van der Waals surface area contributed by atoms with E-state index < -0.39 is 17.6 Å². The number of benzene rings is 1. The van der Waals surface area contributed by atoms with E-state index in [0.29, 0.717) is 16.7 Å². The fourth-order valence-electron chi connectivity index (χ4n) is 2.14. The molecule has 0 spiro atoms. The topological polar surface area (TPSA) is 42.0 Å². The molecule has 0 atom stereocenters. The Morgan fingerprint density at radius 3 is 2.67 bits per heavy atom. The van der Waals surface area contributed by atoms with Crippen LogP contribution in [0.1, 0.15) is 16.7 Å². The Kier molecular flexibility index (Phi) is 3.01. The fourth-order valence-corrected chi connectivity index (χ4v) is 2.14. The quantitative estimate of drug-likeness (QED) is 0.815. The number of aromatic nitrogens is 1. The van der Waals surface area contributed by atoms with Gasteiger partial charge in [0, 0.05) is 29.2 Å². The van der Waals surface area contributed by atoms with Gasteiger partial charge in [0.1, 0.15) is 0 Å². The first-order valence-corrected chi connectivity index (χ1v) is 6.10. The monoisotopic (exact) mass is 290 g/mol. The number of hydrogen-bond donors (Lipinski definition) is 1. The lowest BCUT2D eigenvalue weighted by Gasteiger charge is -2.08. The summed E-state index contributed by atoms with van der Waals surface area (Å²) in [6, 6.07) is 6.69. The number of rotatable bonds is 1. The number of amides is 1. The van der Waals surface area contributed by atoms with Crippen LogP contribution in [0.3, 0.4) is 0 Å². The third-order valence-electron chi connectivity index (χ3n) is 3.13. The van der Waals surface area contributed by atoms with E-state index in [1.807, 2.05) is 0 Å². The molecule has 1 aliphatic heterocycles. The van der Waals surface area contributed by atoms with Gasteiger partial charge in [-0.15, -0.1) is 0 Å². The maximum atomic E-state index is 12.7. The van der Waals surface area contributed by atoms with Crippen LogP contribution < -0.4 is 5.32 Å². The van der Waals surface area contributed by atoms with Crippen molar-refractivity contribution < 1.29 is 18.0 Å². The molecule has 0 fully saturated rings. The lowest BCUT2D eigenvalue weighted by Crippen LogP contribution is -2.06. The summed E-state index contributed by atoms with van der Waals surface area (Å²) in [7, 11) is 0. The molecular weight excluding hydrogens is 281 g/mol. The van der Waals surface area contributed by atoms with E-state index in [-0.39, 0.29) is 5.69 Å². The van der Waals surface area contributed by atoms with Crippen molar-refractivity contribution in [1.82, 2.24) is 4.98 Å². The first-order chi connectivity index (χ1) is 9.95. The number of carbonyl (C=O) groups excluding carboxylic acids is 1. The average molecular weight is 290 g/mol. The molecule has 0 unspecified atom stereocenters. The van der Waals surface area contributed by atoms with E-state index in [0.717, 1.165) is 12.1 Å². The molecule has 106 valence electrons. The van der Waals surface area contributed by atoms with Crippen molar-refractivity contribution in [3.63, 3.8) is 0 Å². The maximum Gasteiger partial charge on any atom is 0.416 e. The minimum absolute atomic E-state index is 0.171. The van der Waals surface area contributed by atoms with Crippen LogP contribution in [0.25, 0.3) is 11.6 Å². The van der Waals surface area contributed by atoms with Gasteiger partial charge in [0.15, 0.2) is 0 Å². The Morgan fingerprint density at radius 2 is 2.00 bits per heavy atom. The summed E-state index contributed by atoms with van der Waals surface area (Å²) >= 11 is 0. The Bertz CT molecular complexity index is 736. The van der Waals surface area contributed by atoms with Gasteiger partial charge in [0.2, 0.25) is 0 Å². The Morgan fingerprint density at radius 1 is 1.19 bits per heavy atom. The van der Waals surface area contributed by atoms with Gasteiger partial charge < -0.3 is 5.32 Å². The Balaban J connectivity index is 2.05. The van der Waals surface area contributed by atoms with Gasteiger partial charge in [-0.3, -0.25) is 9.78 Å². The van der Waals surface area contributed by atoms with Crippen LogP contribution >= 0.6 is 0 Å². The average Bonchev–Trinajstić information content (AvgIpc) is 2.75. The van der Waals surface area contributed by atoms with Crippen LogP contribution in [0, 0.1) is 0 Å².